The lowest BCUT2D eigenvalue weighted by Gasteiger charge is -2.25. The van der Waals surface area contributed by atoms with Crippen molar-refractivity contribution in [2.75, 3.05) is 14.2 Å². The first-order valence-electron chi connectivity index (χ1n) is 5.31. The van der Waals surface area contributed by atoms with Gasteiger partial charge in [0.15, 0.2) is 0 Å². The number of hydrogen-bond donors (Lipinski definition) is 1. The fourth-order valence-electron chi connectivity index (χ4n) is 1.56. The van der Waals surface area contributed by atoms with E-state index in [4.69, 9.17) is 4.74 Å². The number of hydrogen-bond acceptors (Lipinski definition) is 2. The molecular weight excluding hydrogens is 186 g/mol. The molecule has 0 heterocycles. The zero-order valence-electron chi connectivity index (χ0n) is 10.3. The normalized spacial score (nSPS) is 11.5. The zero-order chi connectivity index (χ0) is 11.5. The average Bonchev–Trinajstić information content (AvgIpc) is 2.20. The first-order chi connectivity index (χ1) is 6.98. The van der Waals surface area contributed by atoms with Gasteiger partial charge in [-0.05, 0) is 51.4 Å². The quantitative estimate of drug-likeness (QED) is 0.819. The van der Waals surface area contributed by atoms with Gasteiger partial charge >= 0.3 is 0 Å². The minimum Gasteiger partial charge on any atom is -0.496 e. The Bertz CT molecular complexity index is 331. The number of rotatable bonds is 4. The van der Waals surface area contributed by atoms with Crippen molar-refractivity contribution in [1.29, 1.82) is 0 Å². The van der Waals surface area contributed by atoms with E-state index in [9.17, 15) is 0 Å². The Kier molecular flexibility index (Phi) is 3.75. The average molecular weight is 207 g/mol. The topological polar surface area (TPSA) is 21.3 Å². The summed E-state index contributed by atoms with van der Waals surface area (Å²) in [5.41, 5.74) is 2.59. The molecule has 15 heavy (non-hydrogen) atoms. The maximum atomic E-state index is 5.39. The van der Waals surface area contributed by atoms with Gasteiger partial charge in [0.25, 0.3) is 0 Å². The van der Waals surface area contributed by atoms with Gasteiger partial charge in [0.1, 0.15) is 5.75 Å². The number of aryl methyl sites for hydroxylation is 1. The highest BCUT2D eigenvalue weighted by atomic mass is 16.5. The molecule has 0 fully saturated rings. The summed E-state index contributed by atoms with van der Waals surface area (Å²) in [6.07, 6.45) is 0.965. The third-order valence-corrected chi connectivity index (χ3v) is 2.75. The van der Waals surface area contributed by atoms with Crippen LogP contribution in [0.5, 0.6) is 5.75 Å². The molecule has 0 radical (unpaired) electrons. The van der Waals surface area contributed by atoms with Gasteiger partial charge in [-0.3, -0.25) is 0 Å². The minimum atomic E-state index is 0.0997. The Morgan fingerprint density at radius 2 is 2.00 bits per heavy atom. The number of nitrogens with one attached hydrogen (secondary N) is 1. The Balaban J connectivity index is 2.94. The van der Waals surface area contributed by atoms with E-state index in [0.717, 1.165) is 12.2 Å². The second kappa shape index (κ2) is 4.67. The lowest BCUT2D eigenvalue weighted by molar-refractivity contribution is 0.386. The number of methoxy groups -OCH3 is 1. The van der Waals surface area contributed by atoms with Crippen molar-refractivity contribution in [2.24, 2.45) is 0 Å². The molecule has 1 N–H and O–H groups in total. The largest absolute Gasteiger partial charge is 0.496 e. The minimum absolute atomic E-state index is 0.0997. The molecule has 0 aromatic heterocycles. The van der Waals surface area contributed by atoms with Crippen molar-refractivity contribution in [3.8, 4) is 5.75 Å². The van der Waals surface area contributed by atoms with Gasteiger partial charge in [0.05, 0.1) is 7.11 Å². The molecule has 0 saturated heterocycles. The van der Waals surface area contributed by atoms with Gasteiger partial charge in [-0.25, -0.2) is 0 Å². The fraction of sp³-hybridized carbons (Fsp3) is 0.538. The summed E-state index contributed by atoms with van der Waals surface area (Å²) in [6, 6.07) is 6.36. The molecule has 0 atom stereocenters. The summed E-state index contributed by atoms with van der Waals surface area (Å²) in [5, 5.41) is 3.30. The van der Waals surface area contributed by atoms with Crippen LogP contribution >= 0.6 is 0 Å². The van der Waals surface area contributed by atoms with Crippen molar-refractivity contribution in [2.45, 2.75) is 32.7 Å². The second-order valence-electron chi connectivity index (χ2n) is 4.63. The summed E-state index contributed by atoms with van der Waals surface area (Å²) in [7, 11) is 3.71. The van der Waals surface area contributed by atoms with E-state index in [1.807, 2.05) is 7.05 Å². The Labute approximate surface area is 92.6 Å². The molecule has 2 nitrogen and oxygen atoms in total. The molecule has 0 aliphatic carbocycles. The number of benzene rings is 1. The van der Waals surface area contributed by atoms with Crippen LogP contribution in [0.3, 0.4) is 0 Å². The van der Waals surface area contributed by atoms with E-state index in [-0.39, 0.29) is 5.54 Å². The third kappa shape index (κ3) is 3.24. The van der Waals surface area contributed by atoms with E-state index >= 15 is 0 Å². The zero-order valence-corrected chi connectivity index (χ0v) is 10.3. The van der Waals surface area contributed by atoms with E-state index in [1.165, 1.54) is 11.1 Å². The maximum Gasteiger partial charge on any atom is 0.122 e. The highest BCUT2D eigenvalue weighted by molar-refractivity contribution is 5.38. The van der Waals surface area contributed by atoms with E-state index in [0.29, 0.717) is 0 Å². The van der Waals surface area contributed by atoms with Crippen molar-refractivity contribution in [3.63, 3.8) is 0 Å². The highest BCUT2D eigenvalue weighted by Crippen LogP contribution is 2.24. The molecule has 1 rings (SSSR count). The first kappa shape index (κ1) is 12.1. The van der Waals surface area contributed by atoms with Crippen LogP contribution < -0.4 is 10.1 Å². The standard InChI is InChI=1S/C13H21NO/c1-10-6-7-11(12(8-10)15-5)9-13(2,3)14-4/h6-8,14H,9H2,1-5H3. The predicted octanol–water partition coefficient (Wildman–Crippen LogP) is 2.54. The van der Waals surface area contributed by atoms with Crippen molar-refractivity contribution in [1.82, 2.24) is 5.32 Å². The fourth-order valence-corrected chi connectivity index (χ4v) is 1.56. The van der Waals surface area contributed by atoms with Gasteiger partial charge in [-0.15, -0.1) is 0 Å². The maximum absolute atomic E-state index is 5.39. The molecule has 0 aliphatic heterocycles. The molecular formula is C13H21NO. The van der Waals surface area contributed by atoms with Crippen LogP contribution in [0.2, 0.25) is 0 Å². The molecule has 84 valence electrons. The molecule has 1 aromatic carbocycles. The number of ether oxygens (including phenoxy) is 1. The van der Waals surface area contributed by atoms with Gasteiger partial charge < -0.3 is 10.1 Å². The molecule has 1 aromatic rings. The van der Waals surface area contributed by atoms with Crippen LogP contribution in [0.4, 0.5) is 0 Å². The van der Waals surface area contributed by atoms with Crippen LogP contribution in [-0.4, -0.2) is 19.7 Å². The summed E-state index contributed by atoms with van der Waals surface area (Å²) in [5.74, 6) is 0.985. The Morgan fingerprint density at radius 1 is 1.33 bits per heavy atom. The second-order valence-corrected chi connectivity index (χ2v) is 4.63. The highest BCUT2D eigenvalue weighted by Gasteiger charge is 2.17. The summed E-state index contributed by atoms with van der Waals surface area (Å²) < 4.78 is 5.39. The third-order valence-electron chi connectivity index (χ3n) is 2.75. The van der Waals surface area contributed by atoms with E-state index in [1.54, 1.807) is 7.11 Å². The number of likely N-dealkylation sites (N-methyl/N-ethyl adjacent to an activating group) is 1. The van der Waals surface area contributed by atoms with Crippen LogP contribution in [0.25, 0.3) is 0 Å². The van der Waals surface area contributed by atoms with Gasteiger partial charge in [0.2, 0.25) is 0 Å². The van der Waals surface area contributed by atoms with Gasteiger partial charge in [-0.1, -0.05) is 12.1 Å². The van der Waals surface area contributed by atoms with Crippen molar-refractivity contribution in [3.05, 3.63) is 29.3 Å². The van der Waals surface area contributed by atoms with Crippen LogP contribution in [0, 0.1) is 6.92 Å². The van der Waals surface area contributed by atoms with E-state index < -0.39 is 0 Å². The molecule has 0 saturated carbocycles. The van der Waals surface area contributed by atoms with Gasteiger partial charge in [-0.2, -0.15) is 0 Å². The lowest BCUT2D eigenvalue weighted by atomic mass is 9.94. The molecule has 0 unspecified atom stereocenters. The molecule has 0 bridgehead atoms. The summed E-state index contributed by atoms with van der Waals surface area (Å²) in [4.78, 5) is 0. The van der Waals surface area contributed by atoms with Crippen molar-refractivity contribution >= 4 is 0 Å². The van der Waals surface area contributed by atoms with Crippen molar-refractivity contribution < 1.29 is 4.74 Å². The van der Waals surface area contributed by atoms with Crippen LogP contribution in [-0.2, 0) is 6.42 Å². The summed E-state index contributed by atoms with van der Waals surface area (Å²) in [6.45, 7) is 6.45. The van der Waals surface area contributed by atoms with Crippen LogP contribution in [0.1, 0.15) is 25.0 Å². The predicted molar refractivity (Wildman–Crippen MR) is 64.6 cm³/mol. The summed E-state index contributed by atoms with van der Waals surface area (Å²) >= 11 is 0. The molecule has 0 spiro atoms. The van der Waals surface area contributed by atoms with Gasteiger partial charge in [0, 0.05) is 5.54 Å². The van der Waals surface area contributed by atoms with E-state index in [2.05, 4.69) is 44.3 Å². The Hall–Kier alpha value is -1.02. The first-order valence-corrected chi connectivity index (χ1v) is 5.31. The molecule has 2 heteroatoms. The lowest BCUT2D eigenvalue weighted by Crippen LogP contribution is -2.38. The Morgan fingerprint density at radius 3 is 2.53 bits per heavy atom. The SMILES string of the molecule is CNC(C)(C)Cc1ccc(C)cc1OC. The molecule has 0 aliphatic rings. The monoisotopic (exact) mass is 207 g/mol. The molecule has 0 amide bonds. The smallest absolute Gasteiger partial charge is 0.122 e. The van der Waals surface area contributed by atoms with Crippen LogP contribution in [0.15, 0.2) is 18.2 Å².